The lowest BCUT2D eigenvalue weighted by Crippen LogP contribution is -2.28. The number of hydrogen-bond acceptors (Lipinski definition) is 1. The van der Waals surface area contributed by atoms with Gasteiger partial charge in [0.1, 0.15) is 0 Å². The van der Waals surface area contributed by atoms with Gasteiger partial charge in [-0.3, -0.25) is 0 Å². The first kappa shape index (κ1) is 11.8. The Kier molecular flexibility index (Phi) is 2.66. The molecule has 4 rings (SSSR count). The summed E-state index contributed by atoms with van der Waals surface area (Å²) >= 11 is 0. The van der Waals surface area contributed by atoms with E-state index in [1.54, 1.807) is 0 Å². The Balaban J connectivity index is 1.80. The molecule has 2 aromatic carbocycles. The third-order valence-corrected chi connectivity index (χ3v) is 4.67. The van der Waals surface area contributed by atoms with Crippen LogP contribution < -0.4 is 5.32 Å². The molecule has 0 saturated heterocycles. The van der Waals surface area contributed by atoms with Crippen molar-refractivity contribution in [1.29, 1.82) is 0 Å². The van der Waals surface area contributed by atoms with E-state index in [2.05, 4.69) is 72.9 Å². The molecule has 1 heteroatoms. The molecule has 0 amide bonds. The normalized spacial score (nSPS) is 26.8. The van der Waals surface area contributed by atoms with Gasteiger partial charge >= 0.3 is 0 Å². The lowest BCUT2D eigenvalue weighted by atomic mass is 9.77. The van der Waals surface area contributed by atoms with E-state index < -0.39 is 0 Å². The van der Waals surface area contributed by atoms with Crippen LogP contribution in [0.1, 0.15) is 35.1 Å². The van der Waals surface area contributed by atoms with Crippen LogP contribution in [0, 0.1) is 12.8 Å². The highest BCUT2D eigenvalue weighted by Gasteiger charge is 2.37. The van der Waals surface area contributed by atoms with Crippen LogP contribution >= 0.6 is 0 Å². The molecule has 1 nitrogen and oxygen atoms in total. The lowest BCUT2D eigenvalue weighted by molar-refractivity contribution is 0.425. The molecule has 1 heterocycles. The van der Waals surface area contributed by atoms with Gasteiger partial charge in [0.05, 0.1) is 6.04 Å². The maximum Gasteiger partial charge on any atom is 0.0554 e. The summed E-state index contributed by atoms with van der Waals surface area (Å²) < 4.78 is 0. The van der Waals surface area contributed by atoms with Gasteiger partial charge in [0.25, 0.3) is 0 Å². The van der Waals surface area contributed by atoms with Crippen LogP contribution in [0.4, 0.5) is 5.69 Å². The molecule has 1 aliphatic carbocycles. The van der Waals surface area contributed by atoms with Crippen molar-refractivity contribution >= 4 is 5.69 Å². The van der Waals surface area contributed by atoms with E-state index in [0.29, 0.717) is 17.9 Å². The average Bonchev–Trinajstić information content (AvgIpc) is 2.96. The predicted molar refractivity (Wildman–Crippen MR) is 84.0 cm³/mol. The van der Waals surface area contributed by atoms with Crippen molar-refractivity contribution in [2.75, 3.05) is 5.32 Å². The van der Waals surface area contributed by atoms with Gasteiger partial charge in [-0.25, -0.2) is 0 Å². The number of fused-ring (bicyclic) bond motifs is 3. The average molecular weight is 261 g/mol. The van der Waals surface area contributed by atoms with Crippen LogP contribution in [0.5, 0.6) is 0 Å². The number of rotatable bonds is 1. The minimum Gasteiger partial charge on any atom is -0.378 e. The third-order valence-electron chi connectivity index (χ3n) is 4.67. The smallest absolute Gasteiger partial charge is 0.0554 e. The van der Waals surface area contributed by atoms with Crippen LogP contribution in [0.15, 0.2) is 60.7 Å². The number of benzene rings is 2. The molecule has 0 fully saturated rings. The first-order valence-corrected chi connectivity index (χ1v) is 7.41. The highest BCUT2D eigenvalue weighted by Crippen LogP contribution is 2.49. The molecule has 3 unspecified atom stereocenters. The van der Waals surface area contributed by atoms with Crippen LogP contribution in [0.2, 0.25) is 0 Å². The Morgan fingerprint density at radius 2 is 1.95 bits per heavy atom. The van der Waals surface area contributed by atoms with Crippen molar-refractivity contribution in [3.05, 3.63) is 77.4 Å². The molecular weight excluding hydrogens is 242 g/mol. The van der Waals surface area contributed by atoms with Gasteiger partial charge in [0, 0.05) is 11.6 Å². The fourth-order valence-electron chi connectivity index (χ4n) is 3.74. The monoisotopic (exact) mass is 261 g/mol. The second-order valence-corrected chi connectivity index (χ2v) is 5.98. The molecule has 1 N–H and O–H groups in total. The number of aryl methyl sites for hydroxylation is 1. The maximum atomic E-state index is 3.77. The molecule has 20 heavy (non-hydrogen) atoms. The summed E-state index contributed by atoms with van der Waals surface area (Å²) in [6.07, 6.45) is 5.92. The summed E-state index contributed by atoms with van der Waals surface area (Å²) in [4.78, 5) is 0. The number of nitrogens with one attached hydrogen (secondary N) is 1. The predicted octanol–water partition coefficient (Wildman–Crippen LogP) is 4.82. The van der Waals surface area contributed by atoms with Crippen molar-refractivity contribution in [3.63, 3.8) is 0 Å². The van der Waals surface area contributed by atoms with E-state index in [1.807, 2.05) is 0 Å². The second kappa shape index (κ2) is 4.52. The van der Waals surface area contributed by atoms with Gasteiger partial charge < -0.3 is 5.32 Å². The number of anilines is 1. The minimum absolute atomic E-state index is 0.421. The SMILES string of the molecule is Cc1cccc(C2Nc3ccccc3C3C=CCC32)c1. The Bertz CT molecular complexity index is 671. The zero-order chi connectivity index (χ0) is 13.5. The molecule has 0 aromatic heterocycles. The summed E-state index contributed by atoms with van der Waals surface area (Å²) in [6.45, 7) is 2.17. The van der Waals surface area contributed by atoms with Gasteiger partial charge in [-0.2, -0.15) is 0 Å². The molecule has 3 atom stereocenters. The van der Waals surface area contributed by atoms with Crippen molar-refractivity contribution in [2.24, 2.45) is 5.92 Å². The summed E-state index contributed by atoms with van der Waals surface area (Å²) in [6, 6.07) is 18.1. The van der Waals surface area contributed by atoms with Crippen molar-refractivity contribution in [1.82, 2.24) is 0 Å². The lowest BCUT2D eigenvalue weighted by Gasteiger charge is -2.37. The van der Waals surface area contributed by atoms with E-state index in [1.165, 1.54) is 28.8 Å². The molecular formula is C19H19N. The number of hydrogen-bond donors (Lipinski definition) is 1. The van der Waals surface area contributed by atoms with Crippen molar-refractivity contribution in [2.45, 2.75) is 25.3 Å². The Morgan fingerprint density at radius 1 is 1.05 bits per heavy atom. The van der Waals surface area contributed by atoms with Gasteiger partial charge in [-0.15, -0.1) is 0 Å². The van der Waals surface area contributed by atoms with Crippen LogP contribution in [-0.2, 0) is 0 Å². The number of para-hydroxylation sites is 1. The largest absolute Gasteiger partial charge is 0.378 e. The fraction of sp³-hybridized carbons (Fsp3) is 0.263. The molecule has 1 aliphatic heterocycles. The molecule has 0 bridgehead atoms. The molecule has 2 aliphatic rings. The standard InChI is InChI=1S/C19H19N/c1-13-6-4-7-14(12-13)19-17-10-5-9-15(17)16-8-2-3-11-18(16)20-19/h2-9,11-12,15,17,19-20H,10H2,1H3. The van der Waals surface area contributed by atoms with Gasteiger partial charge in [0.2, 0.25) is 0 Å². The van der Waals surface area contributed by atoms with Crippen LogP contribution in [0.25, 0.3) is 0 Å². The fourth-order valence-corrected chi connectivity index (χ4v) is 3.74. The molecule has 0 radical (unpaired) electrons. The van der Waals surface area contributed by atoms with Crippen LogP contribution in [-0.4, -0.2) is 0 Å². The van der Waals surface area contributed by atoms with E-state index in [4.69, 9.17) is 0 Å². The first-order chi connectivity index (χ1) is 9.83. The molecule has 100 valence electrons. The molecule has 0 spiro atoms. The van der Waals surface area contributed by atoms with Crippen molar-refractivity contribution < 1.29 is 0 Å². The summed E-state index contributed by atoms with van der Waals surface area (Å²) in [7, 11) is 0. The van der Waals surface area contributed by atoms with E-state index >= 15 is 0 Å². The Morgan fingerprint density at radius 3 is 2.85 bits per heavy atom. The van der Waals surface area contributed by atoms with E-state index in [9.17, 15) is 0 Å². The van der Waals surface area contributed by atoms with Crippen LogP contribution in [0.3, 0.4) is 0 Å². The van der Waals surface area contributed by atoms with Gasteiger partial charge in [-0.05, 0) is 36.5 Å². The summed E-state index contributed by atoms with van der Waals surface area (Å²) in [5.74, 6) is 1.21. The summed E-state index contributed by atoms with van der Waals surface area (Å²) in [5.41, 5.74) is 5.51. The van der Waals surface area contributed by atoms with E-state index in [0.717, 1.165) is 0 Å². The zero-order valence-corrected chi connectivity index (χ0v) is 11.7. The van der Waals surface area contributed by atoms with Gasteiger partial charge in [-0.1, -0.05) is 60.2 Å². The number of allylic oxidation sites excluding steroid dienone is 2. The Hall–Kier alpha value is -2.02. The minimum atomic E-state index is 0.421. The molecule has 0 saturated carbocycles. The van der Waals surface area contributed by atoms with Crippen molar-refractivity contribution in [3.8, 4) is 0 Å². The molecule has 2 aromatic rings. The third kappa shape index (κ3) is 1.77. The quantitative estimate of drug-likeness (QED) is 0.726. The zero-order valence-electron chi connectivity index (χ0n) is 11.7. The van der Waals surface area contributed by atoms with E-state index in [-0.39, 0.29) is 0 Å². The van der Waals surface area contributed by atoms with Gasteiger partial charge in [0.15, 0.2) is 0 Å². The second-order valence-electron chi connectivity index (χ2n) is 5.98. The Labute approximate surface area is 120 Å². The highest BCUT2D eigenvalue weighted by atomic mass is 15.0. The first-order valence-electron chi connectivity index (χ1n) is 7.41. The topological polar surface area (TPSA) is 12.0 Å². The maximum absolute atomic E-state index is 3.77. The summed E-state index contributed by atoms with van der Waals surface area (Å²) in [5, 5.41) is 3.77. The highest BCUT2D eigenvalue weighted by molar-refractivity contribution is 5.59.